The van der Waals surface area contributed by atoms with Gasteiger partial charge in [-0.1, -0.05) is 0 Å². The van der Waals surface area contributed by atoms with Crippen LogP contribution in [0.5, 0.6) is 0 Å². The molecule has 0 fully saturated rings. The van der Waals surface area contributed by atoms with Gasteiger partial charge in [-0.25, -0.2) is 4.39 Å². The van der Waals surface area contributed by atoms with Crippen LogP contribution in [-0.4, -0.2) is 81.8 Å². The maximum absolute atomic E-state index is 14.7. The van der Waals surface area contributed by atoms with Crippen LogP contribution in [0.25, 0.3) is 0 Å². The summed E-state index contributed by atoms with van der Waals surface area (Å²) in [7, 11) is -6.68. The molecule has 0 radical (unpaired) electrons. The fourth-order valence-electron chi connectivity index (χ4n) is 2.60. The molecular weight excluding hydrogens is 591 g/mol. The molecule has 0 aromatic rings. The van der Waals surface area contributed by atoms with Gasteiger partial charge in [0, 0.05) is 19.8 Å². The predicted octanol–water partition coefficient (Wildman–Crippen LogP) is 7.01. The normalized spacial score (nSPS) is 16.8. The highest BCUT2D eigenvalue weighted by Gasteiger charge is 2.97. The molecule has 0 rings (SSSR count). The number of hydrogen-bond acceptors (Lipinski definition) is 3. The summed E-state index contributed by atoms with van der Waals surface area (Å²) in [6.45, 7) is -1.86. The highest BCUT2D eigenvalue weighted by molar-refractivity contribution is 6.63. The van der Waals surface area contributed by atoms with Gasteiger partial charge in [-0.05, 0) is 27.7 Å². The first-order valence-electron chi connectivity index (χ1n) is 9.71. The van der Waals surface area contributed by atoms with E-state index >= 15 is 0 Å². The van der Waals surface area contributed by atoms with Crippen molar-refractivity contribution in [3.05, 3.63) is 0 Å². The first-order valence-corrected chi connectivity index (χ1v) is 11.4. The van der Waals surface area contributed by atoms with Gasteiger partial charge in [-0.15, -0.1) is 0 Å². The number of rotatable bonds is 15. The molecular formula is C16H19F17O3Si. The van der Waals surface area contributed by atoms with Crippen molar-refractivity contribution >= 4 is 8.80 Å². The van der Waals surface area contributed by atoms with Crippen molar-refractivity contribution in [3.63, 3.8) is 0 Å². The quantitative estimate of drug-likeness (QED) is 0.148. The van der Waals surface area contributed by atoms with Crippen molar-refractivity contribution in [3.8, 4) is 0 Å². The predicted molar refractivity (Wildman–Crippen MR) is 90.8 cm³/mol. The summed E-state index contributed by atoms with van der Waals surface area (Å²) in [5, 5.41) is 0. The van der Waals surface area contributed by atoms with E-state index in [0.717, 1.165) is 20.8 Å². The Morgan fingerprint density at radius 2 is 0.730 bits per heavy atom. The standard InChI is InChI=1S/C16H19F17O3Si/c1-5-34-37(35-6-2,36-7-3)16(32,33)15(30,31)14(28,29)13(26,27)12(24,25)11(22,23)10(20,21)9(18,19)8(4)17/h8H,5-7H2,1-4H3. The third-order valence-electron chi connectivity index (χ3n) is 4.67. The van der Waals surface area contributed by atoms with Crippen LogP contribution >= 0.6 is 0 Å². The van der Waals surface area contributed by atoms with Gasteiger partial charge in [0.05, 0.1) is 0 Å². The van der Waals surface area contributed by atoms with Gasteiger partial charge >= 0.3 is 55.8 Å². The van der Waals surface area contributed by atoms with E-state index in [1.807, 2.05) is 0 Å². The summed E-state index contributed by atoms with van der Waals surface area (Å²) in [4.78, 5) is 0. The smallest absolute Gasteiger partial charge is 0.370 e. The summed E-state index contributed by atoms with van der Waals surface area (Å²) >= 11 is 0. The van der Waals surface area contributed by atoms with E-state index < -0.39 is 88.7 Å². The Morgan fingerprint density at radius 1 is 0.486 bits per heavy atom. The van der Waals surface area contributed by atoms with Crippen LogP contribution < -0.4 is 0 Å². The molecule has 0 aromatic carbocycles. The van der Waals surface area contributed by atoms with Gasteiger partial charge in [0.15, 0.2) is 6.17 Å². The summed E-state index contributed by atoms with van der Waals surface area (Å²) in [5.41, 5.74) is -6.86. The Morgan fingerprint density at radius 3 is 0.973 bits per heavy atom. The van der Waals surface area contributed by atoms with E-state index in [0.29, 0.717) is 0 Å². The van der Waals surface area contributed by atoms with E-state index in [4.69, 9.17) is 0 Å². The summed E-state index contributed by atoms with van der Waals surface area (Å²) in [6, 6.07) is 0. The first kappa shape index (κ1) is 35.9. The van der Waals surface area contributed by atoms with E-state index in [1.165, 1.54) is 0 Å². The molecule has 3 nitrogen and oxygen atoms in total. The number of hydrogen-bond donors (Lipinski definition) is 0. The highest BCUT2D eigenvalue weighted by Crippen LogP contribution is 2.65. The zero-order valence-electron chi connectivity index (χ0n) is 18.8. The summed E-state index contributed by atoms with van der Waals surface area (Å²) in [6.07, 6.45) is -4.51. The van der Waals surface area contributed by atoms with Crippen molar-refractivity contribution in [2.45, 2.75) is 80.9 Å². The van der Waals surface area contributed by atoms with Crippen molar-refractivity contribution in [2.24, 2.45) is 0 Å². The minimum atomic E-state index is -8.64. The van der Waals surface area contributed by atoms with Gasteiger partial charge < -0.3 is 13.3 Å². The van der Waals surface area contributed by atoms with Gasteiger partial charge in [-0.3, -0.25) is 0 Å². The Kier molecular flexibility index (Phi) is 10.2. The van der Waals surface area contributed by atoms with Crippen LogP contribution in [0.4, 0.5) is 74.6 Å². The maximum atomic E-state index is 14.7. The molecule has 0 amide bonds. The average molecular weight is 610 g/mol. The molecule has 1 atom stereocenters. The lowest BCUT2D eigenvalue weighted by molar-refractivity contribution is -0.453. The molecule has 0 bridgehead atoms. The van der Waals surface area contributed by atoms with Gasteiger partial charge in [0.2, 0.25) is 0 Å². The number of alkyl halides is 17. The average Bonchev–Trinajstić information content (AvgIpc) is 2.72. The Hall–Kier alpha value is -1.09. The highest BCUT2D eigenvalue weighted by atomic mass is 28.4. The fourth-order valence-corrected chi connectivity index (χ4v) is 5.08. The molecule has 1 unspecified atom stereocenters. The third kappa shape index (κ3) is 4.78. The second-order valence-electron chi connectivity index (χ2n) is 7.11. The molecule has 0 N–H and O–H groups in total. The topological polar surface area (TPSA) is 27.7 Å². The number of halogens is 17. The van der Waals surface area contributed by atoms with E-state index in [9.17, 15) is 74.6 Å². The molecule has 0 spiro atoms. The van der Waals surface area contributed by atoms with Crippen molar-refractivity contribution in [1.82, 2.24) is 0 Å². The zero-order valence-corrected chi connectivity index (χ0v) is 19.8. The van der Waals surface area contributed by atoms with Crippen molar-refractivity contribution < 1.29 is 87.9 Å². The van der Waals surface area contributed by atoms with E-state index in [-0.39, 0.29) is 0 Å². The van der Waals surface area contributed by atoms with Crippen LogP contribution in [0, 0.1) is 0 Å². The van der Waals surface area contributed by atoms with Gasteiger partial charge in [0.1, 0.15) is 0 Å². The monoisotopic (exact) mass is 610 g/mol. The molecule has 37 heavy (non-hydrogen) atoms. The third-order valence-corrected chi connectivity index (χ3v) is 7.76. The van der Waals surface area contributed by atoms with Crippen LogP contribution in [0.2, 0.25) is 0 Å². The van der Waals surface area contributed by atoms with Crippen molar-refractivity contribution in [2.75, 3.05) is 19.8 Å². The van der Waals surface area contributed by atoms with Crippen LogP contribution in [0.3, 0.4) is 0 Å². The minimum Gasteiger partial charge on any atom is -0.370 e. The van der Waals surface area contributed by atoms with E-state index in [2.05, 4.69) is 13.3 Å². The summed E-state index contributed by atoms with van der Waals surface area (Å²) < 4.78 is 248. The lowest BCUT2D eigenvalue weighted by atomic mass is 9.88. The Balaban J connectivity index is 7.18. The SMILES string of the molecule is CCO[Si](OCC)(OCC)C(F)(F)C(F)(F)C(F)(F)C(F)(F)C(F)(F)C(F)(F)C(F)(F)C(F)(F)C(C)F. The first-order chi connectivity index (χ1) is 16.1. The molecule has 0 saturated carbocycles. The lowest BCUT2D eigenvalue weighted by Gasteiger charge is -2.45. The molecule has 0 aliphatic carbocycles. The van der Waals surface area contributed by atoms with Gasteiger partial charge in [0.25, 0.3) is 0 Å². The van der Waals surface area contributed by atoms with Crippen LogP contribution in [-0.2, 0) is 13.3 Å². The molecule has 0 aliphatic rings. The molecule has 0 saturated heterocycles. The second kappa shape index (κ2) is 10.5. The second-order valence-corrected chi connectivity index (χ2v) is 9.72. The molecule has 21 heteroatoms. The molecule has 0 aromatic heterocycles. The van der Waals surface area contributed by atoms with Gasteiger partial charge in [-0.2, -0.15) is 70.2 Å². The Labute approximate surface area is 198 Å². The molecule has 224 valence electrons. The van der Waals surface area contributed by atoms with Crippen LogP contribution in [0.1, 0.15) is 27.7 Å². The van der Waals surface area contributed by atoms with Crippen molar-refractivity contribution in [1.29, 1.82) is 0 Å². The largest absolute Gasteiger partial charge is 0.582 e. The van der Waals surface area contributed by atoms with Crippen LogP contribution in [0.15, 0.2) is 0 Å². The Bertz CT molecular complexity index is 755. The van der Waals surface area contributed by atoms with E-state index in [1.54, 1.807) is 0 Å². The maximum Gasteiger partial charge on any atom is 0.582 e. The fraction of sp³-hybridized carbons (Fsp3) is 1.00. The zero-order chi connectivity index (χ0) is 30.3. The lowest BCUT2D eigenvalue weighted by Crippen LogP contribution is -2.79. The minimum absolute atomic E-state index is 0.650. The summed E-state index contributed by atoms with van der Waals surface area (Å²) in [5.74, 6) is -57.0. The molecule has 0 heterocycles. The molecule has 0 aliphatic heterocycles.